The predicted molar refractivity (Wildman–Crippen MR) is 285 cm³/mol. The lowest BCUT2D eigenvalue weighted by Gasteiger charge is -2.41. The molecule has 0 spiro atoms. The topological polar surface area (TPSA) is 253 Å². The number of amides is 3. The fourth-order valence-electron chi connectivity index (χ4n) is 9.36. The van der Waals surface area contributed by atoms with Crippen LogP contribution in [0.2, 0.25) is 0 Å². The summed E-state index contributed by atoms with van der Waals surface area (Å²) in [4.78, 5) is 57.4. The summed E-state index contributed by atoms with van der Waals surface area (Å²) in [5.41, 5.74) is 16.7. The lowest BCUT2D eigenvalue weighted by Crippen LogP contribution is -2.51. The van der Waals surface area contributed by atoms with E-state index < -0.39 is 0 Å². The third-order valence-electron chi connectivity index (χ3n) is 13.1. The van der Waals surface area contributed by atoms with Crippen LogP contribution in [0.25, 0.3) is 33.8 Å². The number of carbonyl (C=O) groups excluding carboxylic acids is 3. The third kappa shape index (κ3) is 15.2. The second-order valence-corrected chi connectivity index (χ2v) is 18.3. The van der Waals surface area contributed by atoms with Gasteiger partial charge in [-0.2, -0.15) is 5.10 Å². The summed E-state index contributed by atoms with van der Waals surface area (Å²) in [5, 5.41) is 18.2. The lowest BCUT2D eigenvalue weighted by atomic mass is 9.91. The standard InChI is InChI=1S/C26H31N9O3.C16H24FN3.C5H7NO2.C2H5N.2C2H6/c1-4-37-26(36)34-9-7-15(8-10-34)17-11-28-24(29-12-17)18-21(33-38-22(18)16-5-6-16)20-19-23(27)30-13-31-25(19)35(32-20)14(2)3;17-15-12-13(18)6-7-16(15)20-10-8-19(9-11-20)14-4-2-1-3-5-14;7-4-2-1-3-5(8)6-4;1-2-3;2*1-2/h11-16H,4-10H2,1-3H3,(H2,27,30,31);6-7,12,14H,1-5,8-11,18H2;1-3H2,(H,6,7,8);2-3H,1H3;2*1-2H3. The van der Waals surface area contributed by atoms with E-state index >= 15 is 0 Å². The number of nitrogen functional groups attached to an aromatic ring is 2. The van der Waals surface area contributed by atoms with Gasteiger partial charge in [-0.3, -0.25) is 19.8 Å². The average Bonchev–Trinajstić information content (AvgIpc) is 4.03. The molecule has 5 aromatic rings. The minimum atomic E-state index is -0.247. The number of likely N-dealkylation sites (tertiary alicyclic amines) is 1. The van der Waals surface area contributed by atoms with E-state index in [2.05, 4.69) is 30.2 Å². The van der Waals surface area contributed by atoms with Crippen molar-refractivity contribution >= 4 is 52.3 Å². The fraction of sp³-hybridized carbons (Fsp3) is 0.585. The largest absolute Gasteiger partial charge is 0.450 e. The molecule has 6 N–H and O–H groups in total. The van der Waals surface area contributed by atoms with Crippen LogP contribution in [-0.2, 0) is 14.3 Å². The van der Waals surface area contributed by atoms with Crippen molar-refractivity contribution in [3.63, 3.8) is 0 Å². The van der Waals surface area contributed by atoms with Crippen molar-refractivity contribution in [2.45, 2.75) is 156 Å². The molecule has 3 aliphatic heterocycles. The number of piperidine rings is 2. The number of rotatable bonds is 8. The van der Waals surface area contributed by atoms with E-state index in [0.29, 0.717) is 84.4 Å². The van der Waals surface area contributed by atoms with E-state index in [1.54, 1.807) is 24.0 Å². The van der Waals surface area contributed by atoms with E-state index in [1.807, 2.05) is 65.5 Å². The predicted octanol–water partition coefficient (Wildman–Crippen LogP) is 9.70. The molecule has 2 aliphatic carbocycles. The van der Waals surface area contributed by atoms with Crippen molar-refractivity contribution in [2.75, 3.05) is 62.2 Å². The minimum absolute atomic E-state index is 0.0598. The van der Waals surface area contributed by atoms with Crippen molar-refractivity contribution in [2.24, 2.45) is 0 Å². The molecule has 1 aromatic carbocycles. The van der Waals surface area contributed by atoms with Crippen LogP contribution >= 0.6 is 0 Å². The van der Waals surface area contributed by atoms with Gasteiger partial charge in [0.2, 0.25) is 11.8 Å². The van der Waals surface area contributed by atoms with Gasteiger partial charge in [0.05, 0.1) is 23.2 Å². The Morgan fingerprint density at radius 1 is 0.863 bits per heavy atom. The molecule has 73 heavy (non-hydrogen) atoms. The number of aromatic nitrogens is 7. The van der Waals surface area contributed by atoms with Crippen LogP contribution < -0.4 is 21.7 Å². The molecule has 10 rings (SSSR count). The highest BCUT2D eigenvalue weighted by Crippen LogP contribution is 2.48. The Hall–Kier alpha value is -6.57. The molecule has 7 heterocycles. The van der Waals surface area contributed by atoms with Crippen molar-refractivity contribution in [1.82, 2.24) is 50.0 Å². The van der Waals surface area contributed by atoms with E-state index in [4.69, 9.17) is 41.2 Å². The number of benzene rings is 1. The average molecular weight is 1010 g/mol. The summed E-state index contributed by atoms with van der Waals surface area (Å²) in [7, 11) is 0. The number of ether oxygens (including phenoxy) is 1. The first-order chi connectivity index (χ1) is 35.4. The zero-order valence-electron chi connectivity index (χ0n) is 44.3. The summed E-state index contributed by atoms with van der Waals surface area (Å²) in [6.45, 7) is 21.2. The van der Waals surface area contributed by atoms with Gasteiger partial charge in [0.15, 0.2) is 17.2 Å². The highest BCUT2D eigenvalue weighted by atomic mass is 19.1. The Morgan fingerprint density at radius 2 is 1.49 bits per heavy atom. The Balaban J connectivity index is 0.000000234. The normalized spacial score (nSPS) is 17.2. The molecule has 5 aliphatic rings. The van der Waals surface area contributed by atoms with Crippen LogP contribution in [-0.4, -0.2) is 121 Å². The zero-order valence-corrected chi connectivity index (χ0v) is 44.3. The van der Waals surface area contributed by atoms with Crippen LogP contribution in [0.5, 0.6) is 0 Å². The van der Waals surface area contributed by atoms with Crippen LogP contribution in [0.1, 0.15) is 162 Å². The van der Waals surface area contributed by atoms with Crippen molar-refractivity contribution in [3.8, 4) is 22.8 Å². The number of carbonyl (C=O) groups is 3. The second kappa shape index (κ2) is 28.6. The van der Waals surface area contributed by atoms with Crippen molar-refractivity contribution in [1.29, 1.82) is 5.41 Å². The maximum Gasteiger partial charge on any atom is 0.409 e. The number of fused-ring (bicyclic) bond motifs is 1. The molecule has 2 saturated carbocycles. The quantitative estimate of drug-likeness (QED) is 0.0641. The van der Waals surface area contributed by atoms with Crippen LogP contribution in [0.15, 0.2) is 41.4 Å². The molecule has 3 amide bonds. The number of nitrogens with two attached hydrogens (primary N) is 2. The number of hydrogen-bond acceptors (Lipinski definition) is 16. The van der Waals surface area contributed by atoms with Crippen LogP contribution in [0.3, 0.4) is 0 Å². The van der Waals surface area contributed by atoms with Crippen molar-refractivity contribution < 1.29 is 28.0 Å². The molecule has 0 radical (unpaired) electrons. The SMILES string of the molecule is CC.CC.CC=N.CCOC(=O)N1CCC(c2cnc(-c3c(-c4nn(C(C)C)c5ncnc(N)c45)noc3C3CC3)nc2)CC1.Nc1ccc(N2CCN(C3CCCCC3)CC2)c(F)c1.O=C1CCCC(=O)N1. The number of imide groups is 1. The number of nitrogens with one attached hydrogen (secondary N) is 2. The zero-order chi connectivity index (χ0) is 53.0. The van der Waals surface area contributed by atoms with Crippen LogP contribution in [0.4, 0.5) is 26.4 Å². The lowest BCUT2D eigenvalue weighted by molar-refractivity contribution is -0.132. The van der Waals surface area contributed by atoms with Gasteiger partial charge in [0.25, 0.3) is 0 Å². The smallest absolute Gasteiger partial charge is 0.409 e. The molecule has 5 fully saturated rings. The van der Waals surface area contributed by atoms with Crippen LogP contribution in [0, 0.1) is 11.2 Å². The van der Waals surface area contributed by atoms with Gasteiger partial charge in [0, 0.05) is 88.2 Å². The third-order valence-corrected chi connectivity index (χ3v) is 13.1. The van der Waals surface area contributed by atoms with Gasteiger partial charge < -0.3 is 35.9 Å². The maximum atomic E-state index is 14.0. The maximum absolute atomic E-state index is 14.0. The van der Waals surface area contributed by atoms with E-state index in [-0.39, 0.29) is 41.6 Å². The Labute approximate surface area is 429 Å². The molecule has 398 valence electrons. The summed E-state index contributed by atoms with van der Waals surface area (Å²) in [6, 6.07) is 5.84. The van der Waals surface area contributed by atoms with Gasteiger partial charge in [-0.25, -0.2) is 33.8 Å². The van der Waals surface area contributed by atoms with Gasteiger partial charge in [-0.1, -0.05) is 52.1 Å². The molecule has 3 saturated heterocycles. The van der Waals surface area contributed by atoms with Gasteiger partial charge in [-0.05, 0) is 109 Å². The summed E-state index contributed by atoms with van der Waals surface area (Å²) in [5.74, 6) is 1.75. The number of halogens is 1. The van der Waals surface area contributed by atoms with Gasteiger partial charge in [-0.15, -0.1) is 0 Å². The summed E-state index contributed by atoms with van der Waals surface area (Å²) < 4.78 is 26.8. The molecule has 20 heteroatoms. The first-order valence-corrected chi connectivity index (χ1v) is 26.4. The highest BCUT2D eigenvalue weighted by Gasteiger charge is 2.36. The molecule has 19 nitrogen and oxygen atoms in total. The molecule has 4 aromatic heterocycles. The van der Waals surface area contributed by atoms with E-state index in [1.165, 1.54) is 50.7 Å². The van der Waals surface area contributed by atoms with E-state index in [0.717, 1.165) is 74.8 Å². The van der Waals surface area contributed by atoms with Gasteiger partial charge in [0.1, 0.15) is 29.4 Å². The summed E-state index contributed by atoms with van der Waals surface area (Å²) >= 11 is 0. The number of hydrogen-bond donors (Lipinski definition) is 4. The summed E-state index contributed by atoms with van der Waals surface area (Å²) in [6.07, 6.45) is 18.5. The second-order valence-electron chi connectivity index (χ2n) is 18.3. The molecular weight excluding hydrogens is 932 g/mol. The Bertz CT molecular complexity index is 2510. The molecular formula is C53H79FN14O5. The molecule has 0 unspecified atom stereocenters. The van der Waals surface area contributed by atoms with Gasteiger partial charge >= 0.3 is 6.09 Å². The fourth-order valence-corrected chi connectivity index (χ4v) is 9.36. The minimum Gasteiger partial charge on any atom is -0.450 e. The molecule has 0 atom stereocenters. The highest BCUT2D eigenvalue weighted by molar-refractivity contribution is 6.00. The van der Waals surface area contributed by atoms with E-state index in [9.17, 15) is 18.8 Å². The number of nitrogens with zero attached hydrogens (tertiary/aromatic N) is 10. The number of piperazine rings is 1. The Morgan fingerprint density at radius 3 is 2.04 bits per heavy atom. The van der Waals surface area contributed by atoms with Crippen molar-refractivity contribution in [3.05, 3.63) is 54.1 Å². The first-order valence-electron chi connectivity index (χ1n) is 26.4. The number of anilines is 3. The first kappa shape index (κ1) is 57.3. The Kier molecular flexibility index (Phi) is 22.5. The molecule has 0 bridgehead atoms. The monoisotopic (exact) mass is 1010 g/mol.